The molecule has 1 aromatic carbocycles. The van der Waals surface area contributed by atoms with E-state index < -0.39 is 50.3 Å². The molecule has 1 aromatic heterocycles. The van der Waals surface area contributed by atoms with Crippen LogP contribution in [0.15, 0.2) is 46.0 Å². The summed E-state index contributed by atoms with van der Waals surface area (Å²) in [5.74, 6) is 0. The number of thiophene rings is 1. The lowest BCUT2D eigenvalue weighted by Crippen LogP contribution is -2.45. The van der Waals surface area contributed by atoms with Gasteiger partial charge in [0.1, 0.15) is 0 Å². The Morgan fingerprint density at radius 3 is 2.57 bits per heavy atom. The molecule has 0 aliphatic carbocycles. The Morgan fingerprint density at radius 1 is 1.32 bits per heavy atom. The van der Waals surface area contributed by atoms with Crippen molar-refractivity contribution in [2.24, 2.45) is 0 Å². The van der Waals surface area contributed by atoms with Gasteiger partial charge in [-0.2, -0.15) is 15.6 Å². The summed E-state index contributed by atoms with van der Waals surface area (Å²) in [4.78, 5) is 20.8. The lowest BCUT2D eigenvalue weighted by Gasteiger charge is -2.27. The number of aliphatic hydroxyl groups is 1. The van der Waals surface area contributed by atoms with Crippen molar-refractivity contribution in [2.45, 2.75) is 24.0 Å². The Morgan fingerprint density at radius 2 is 2.00 bits per heavy atom. The van der Waals surface area contributed by atoms with Gasteiger partial charge < -0.3 is 15.5 Å². The first-order valence-electron chi connectivity index (χ1n) is 8.06. The van der Waals surface area contributed by atoms with Crippen LogP contribution in [0.3, 0.4) is 0 Å². The Hall–Kier alpha value is -2.54. The van der Waals surface area contributed by atoms with E-state index in [4.69, 9.17) is 5.11 Å². The molecule has 0 aliphatic heterocycles. The van der Waals surface area contributed by atoms with Gasteiger partial charge in [0.2, 0.25) is 10.0 Å². The molecular weight excluding hydrogens is 410 g/mol. The molecule has 28 heavy (non-hydrogen) atoms. The standard InChI is InChI=1S/C16H19N3O7S2/c1-11(17-16(21)22)8-18(9-14(20)12-6-7-27-10-12)28(25,26)15-5-3-2-4-13(15)19(23)24/h2-7,10-11,14,17,20H,8-9H2,1H3,(H,21,22)/t11-,14+/m1/s1. The van der Waals surface area contributed by atoms with Crippen LogP contribution in [0.25, 0.3) is 0 Å². The van der Waals surface area contributed by atoms with E-state index in [-0.39, 0.29) is 6.54 Å². The molecule has 1 heterocycles. The molecule has 152 valence electrons. The van der Waals surface area contributed by atoms with Crippen LogP contribution in [-0.2, 0) is 10.0 Å². The first-order valence-corrected chi connectivity index (χ1v) is 10.4. The van der Waals surface area contributed by atoms with E-state index in [9.17, 15) is 28.4 Å². The number of benzene rings is 1. The molecule has 3 N–H and O–H groups in total. The van der Waals surface area contributed by atoms with E-state index in [2.05, 4.69) is 5.32 Å². The van der Waals surface area contributed by atoms with E-state index in [1.807, 2.05) is 0 Å². The quantitative estimate of drug-likeness (QED) is 0.408. The maximum absolute atomic E-state index is 13.1. The van der Waals surface area contributed by atoms with Gasteiger partial charge in [0.15, 0.2) is 4.90 Å². The number of rotatable bonds is 9. The third-order valence-corrected chi connectivity index (χ3v) is 6.41. The van der Waals surface area contributed by atoms with Gasteiger partial charge in [-0.1, -0.05) is 12.1 Å². The number of nitro benzene ring substituents is 1. The van der Waals surface area contributed by atoms with Gasteiger partial charge in [-0.05, 0) is 35.4 Å². The van der Waals surface area contributed by atoms with Gasteiger partial charge in [-0.25, -0.2) is 13.2 Å². The summed E-state index contributed by atoms with van der Waals surface area (Å²) >= 11 is 1.32. The van der Waals surface area contributed by atoms with Crippen LogP contribution in [0.4, 0.5) is 10.5 Å². The van der Waals surface area contributed by atoms with Crippen molar-refractivity contribution in [3.63, 3.8) is 0 Å². The second-order valence-electron chi connectivity index (χ2n) is 5.97. The molecule has 0 radical (unpaired) electrons. The molecule has 10 nitrogen and oxygen atoms in total. The molecule has 0 aliphatic rings. The lowest BCUT2D eigenvalue weighted by atomic mass is 10.2. The fourth-order valence-corrected chi connectivity index (χ4v) is 4.96. The van der Waals surface area contributed by atoms with Crippen LogP contribution in [0.1, 0.15) is 18.6 Å². The number of hydrogen-bond donors (Lipinski definition) is 3. The number of hydrogen-bond acceptors (Lipinski definition) is 7. The Balaban J connectivity index is 2.41. The van der Waals surface area contributed by atoms with Crippen molar-refractivity contribution >= 4 is 33.1 Å². The molecule has 1 amide bonds. The number of amides is 1. The molecular formula is C16H19N3O7S2. The average Bonchev–Trinajstić information content (AvgIpc) is 3.15. The van der Waals surface area contributed by atoms with Crippen LogP contribution in [0, 0.1) is 10.1 Å². The lowest BCUT2D eigenvalue weighted by molar-refractivity contribution is -0.387. The van der Waals surface area contributed by atoms with Crippen molar-refractivity contribution in [1.82, 2.24) is 9.62 Å². The van der Waals surface area contributed by atoms with Gasteiger partial charge >= 0.3 is 6.09 Å². The van der Waals surface area contributed by atoms with Gasteiger partial charge in [0.05, 0.1) is 11.0 Å². The van der Waals surface area contributed by atoms with Crippen molar-refractivity contribution in [2.75, 3.05) is 13.1 Å². The maximum Gasteiger partial charge on any atom is 0.404 e. The minimum atomic E-state index is -4.39. The molecule has 12 heteroatoms. The second kappa shape index (κ2) is 9.10. The number of carboxylic acid groups (broad SMARTS) is 1. The third-order valence-electron chi connectivity index (χ3n) is 3.83. The molecule has 2 rings (SSSR count). The number of carbonyl (C=O) groups is 1. The summed E-state index contributed by atoms with van der Waals surface area (Å²) in [5, 5.41) is 36.0. The summed E-state index contributed by atoms with van der Waals surface area (Å²) in [6.45, 7) is 0.742. The summed E-state index contributed by atoms with van der Waals surface area (Å²) in [6, 6.07) is 5.68. The van der Waals surface area contributed by atoms with Gasteiger partial charge in [0, 0.05) is 25.2 Å². The maximum atomic E-state index is 13.1. The number of nitro groups is 1. The Bertz CT molecular complexity index is 931. The van der Waals surface area contributed by atoms with Crippen molar-refractivity contribution in [3.8, 4) is 0 Å². The largest absolute Gasteiger partial charge is 0.465 e. The molecule has 2 aromatic rings. The zero-order chi connectivity index (χ0) is 20.9. The highest BCUT2D eigenvalue weighted by molar-refractivity contribution is 7.89. The summed E-state index contributed by atoms with van der Waals surface area (Å²) in [6.07, 6.45) is -2.52. The topological polar surface area (TPSA) is 150 Å². The van der Waals surface area contributed by atoms with Crippen molar-refractivity contribution in [3.05, 3.63) is 56.8 Å². The highest BCUT2D eigenvalue weighted by atomic mass is 32.2. The predicted octanol–water partition coefficient (Wildman–Crippen LogP) is 2.04. The molecule has 0 saturated heterocycles. The summed E-state index contributed by atoms with van der Waals surface area (Å²) in [5.41, 5.74) is -0.108. The van der Waals surface area contributed by atoms with Crippen LogP contribution < -0.4 is 5.32 Å². The minimum absolute atomic E-state index is 0.318. The molecule has 0 fully saturated rings. The van der Waals surface area contributed by atoms with Crippen LogP contribution in [0.5, 0.6) is 0 Å². The van der Waals surface area contributed by atoms with E-state index in [0.29, 0.717) is 5.56 Å². The minimum Gasteiger partial charge on any atom is -0.465 e. The van der Waals surface area contributed by atoms with Crippen LogP contribution in [-0.4, -0.2) is 53.1 Å². The molecule has 0 unspecified atom stereocenters. The van der Waals surface area contributed by atoms with Crippen molar-refractivity contribution in [1.29, 1.82) is 0 Å². The second-order valence-corrected chi connectivity index (χ2v) is 8.66. The highest BCUT2D eigenvalue weighted by Crippen LogP contribution is 2.28. The Kier molecular flexibility index (Phi) is 7.07. The summed E-state index contributed by atoms with van der Waals surface area (Å²) in [7, 11) is -4.39. The normalized spacial score (nSPS) is 13.8. The zero-order valence-corrected chi connectivity index (χ0v) is 16.4. The summed E-state index contributed by atoms with van der Waals surface area (Å²) < 4.78 is 27.1. The fraction of sp³-hybridized carbons (Fsp3) is 0.312. The molecule has 0 bridgehead atoms. The number of sulfonamides is 1. The number of para-hydroxylation sites is 1. The number of nitrogens with zero attached hydrogens (tertiary/aromatic N) is 2. The molecule has 0 saturated carbocycles. The van der Waals surface area contributed by atoms with Crippen LogP contribution in [0.2, 0.25) is 0 Å². The number of aliphatic hydroxyl groups excluding tert-OH is 1. The average molecular weight is 429 g/mol. The van der Waals surface area contributed by atoms with Gasteiger partial charge in [-0.15, -0.1) is 0 Å². The van der Waals surface area contributed by atoms with Gasteiger partial charge in [-0.3, -0.25) is 10.1 Å². The molecule has 2 atom stereocenters. The van der Waals surface area contributed by atoms with Crippen molar-refractivity contribution < 1.29 is 28.3 Å². The zero-order valence-electron chi connectivity index (χ0n) is 14.8. The van der Waals surface area contributed by atoms with E-state index in [1.54, 1.807) is 16.8 Å². The van der Waals surface area contributed by atoms with E-state index in [1.165, 1.54) is 30.4 Å². The smallest absolute Gasteiger partial charge is 0.404 e. The fourth-order valence-electron chi connectivity index (χ4n) is 2.56. The first-order chi connectivity index (χ1) is 13.1. The van der Waals surface area contributed by atoms with E-state index in [0.717, 1.165) is 16.4 Å². The SMILES string of the molecule is C[C@H](CN(C[C@H](O)c1ccsc1)S(=O)(=O)c1ccccc1[N+](=O)[O-])NC(=O)O. The highest BCUT2D eigenvalue weighted by Gasteiger charge is 2.34. The van der Waals surface area contributed by atoms with Gasteiger partial charge in [0.25, 0.3) is 5.69 Å². The third kappa shape index (κ3) is 5.25. The molecule has 0 spiro atoms. The Labute approximate surface area is 165 Å². The van der Waals surface area contributed by atoms with Crippen LogP contribution >= 0.6 is 11.3 Å². The van der Waals surface area contributed by atoms with E-state index >= 15 is 0 Å². The predicted molar refractivity (Wildman–Crippen MR) is 102 cm³/mol. The first kappa shape index (κ1) is 21.8. The number of nitrogens with one attached hydrogen (secondary N) is 1. The monoisotopic (exact) mass is 429 g/mol.